The Balaban J connectivity index is 1.51. The fourth-order valence-corrected chi connectivity index (χ4v) is 3.80. The Bertz CT molecular complexity index is 1010. The van der Waals surface area contributed by atoms with Crippen molar-refractivity contribution in [3.8, 4) is 5.75 Å². The van der Waals surface area contributed by atoms with Crippen LogP contribution in [-0.2, 0) is 4.79 Å². The lowest BCUT2D eigenvalue weighted by Crippen LogP contribution is -2.15. The van der Waals surface area contributed by atoms with Crippen LogP contribution in [0.3, 0.4) is 0 Å². The van der Waals surface area contributed by atoms with Crippen molar-refractivity contribution >= 4 is 45.9 Å². The van der Waals surface area contributed by atoms with Gasteiger partial charge in [-0.1, -0.05) is 41.6 Å². The first-order valence-electron chi connectivity index (χ1n) is 8.67. The third-order valence-corrected chi connectivity index (χ3v) is 5.53. The molecule has 0 spiro atoms. The highest BCUT2D eigenvalue weighted by Crippen LogP contribution is 2.39. The first-order valence-corrected chi connectivity index (χ1v) is 10.0. The fraction of sp³-hybridized carbons (Fsp3) is 0.250. The molecule has 0 unspecified atom stereocenters. The number of amides is 1. The summed E-state index contributed by atoms with van der Waals surface area (Å²) in [5, 5.41) is 5.21. The van der Waals surface area contributed by atoms with Crippen LogP contribution in [0.15, 0.2) is 47.5 Å². The number of nitrogens with one attached hydrogen (secondary N) is 1. The summed E-state index contributed by atoms with van der Waals surface area (Å²) in [4.78, 5) is 21.8. The summed E-state index contributed by atoms with van der Waals surface area (Å²) in [5.41, 5.74) is 1.48. The van der Waals surface area contributed by atoms with Gasteiger partial charge < -0.3 is 10.1 Å². The van der Waals surface area contributed by atoms with Crippen LogP contribution in [0, 0.1) is 0 Å². The maximum absolute atomic E-state index is 12.5. The molecule has 4 rings (SSSR count). The Kier molecular flexibility index (Phi) is 5.18. The first kappa shape index (κ1) is 18.1. The average molecular weight is 400 g/mol. The Morgan fingerprint density at radius 1 is 1.26 bits per heavy atom. The van der Waals surface area contributed by atoms with Gasteiger partial charge in [-0.2, -0.15) is 0 Å². The van der Waals surface area contributed by atoms with Crippen molar-refractivity contribution in [2.45, 2.75) is 23.8 Å². The molecule has 1 heterocycles. The molecule has 1 aliphatic rings. The zero-order valence-electron chi connectivity index (χ0n) is 14.7. The zero-order valence-corrected chi connectivity index (χ0v) is 16.3. The summed E-state index contributed by atoms with van der Waals surface area (Å²) < 4.78 is 5.27. The van der Waals surface area contributed by atoms with Gasteiger partial charge in [-0.25, -0.2) is 9.97 Å². The fourth-order valence-electron chi connectivity index (χ4n) is 2.80. The predicted octanol–water partition coefficient (Wildman–Crippen LogP) is 4.90. The van der Waals surface area contributed by atoms with Crippen molar-refractivity contribution < 1.29 is 9.53 Å². The molecule has 1 saturated carbocycles. The maximum Gasteiger partial charge on any atom is 0.234 e. The molecule has 1 aliphatic carbocycles. The smallest absolute Gasteiger partial charge is 0.234 e. The maximum atomic E-state index is 12.5. The summed E-state index contributed by atoms with van der Waals surface area (Å²) in [7, 11) is 1.56. The number of fused-ring (bicyclic) bond motifs is 1. The van der Waals surface area contributed by atoms with Crippen LogP contribution in [0.5, 0.6) is 5.75 Å². The molecule has 1 amide bonds. The number of carbonyl (C=O) groups is 1. The number of nitrogens with zero attached hydrogens (tertiary/aromatic N) is 2. The van der Waals surface area contributed by atoms with Crippen LogP contribution in [0.2, 0.25) is 5.02 Å². The van der Waals surface area contributed by atoms with Gasteiger partial charge in [-0.3, -0.25) is 4.79 Å². The number of benzene rings is 2. The molecule has 0 atom stereocenters. The lowest BCUT2D eigenvalue weighted by Gasteiger charge is -2.11. The number of hydrogen-bond acceptors (Lipinski definition) is 5. The summed E-state index contributed by atoms with van der Waals surface area (Å²) in [6.45, 7) is 0. The molecule has 0 aliphatic heterocycles. The zero-order chi connectivity index (χ0) is 18.8. The van der Waals surface area contributed by atoms with Gasteiger partial charge in [0.05, 0.1) is 24.1 Å². The number of rotatable bonds is 6. The summed E-state index contributed by atoms with van der Waals surface area (Å²) in [5.74, 6) is 2.00. The number of anilines is 1. The molecular formula is C20H18ClN3O2S. The molecule has 0 saturated heterocycles. The van der Waals surface area contributed by atoms with Crippen LogP contribution in [0.4, 0.5) is 5.69 Å². The number of hydrogen-bond donors (Lipinski definition) is 1. The monoisotopic (exact) mass is 399 g/mol. The van der Waals surface area contributed by atoms with Gasteiger partial charge in [-0.15, -0.1) is 0 Å². The van der Waals surface area contributed by atoms with Gasteiger partial charge in [0.1, 0.15) is 16.6 Å². The minimum absolute atomic E-state index is 0.142. The van der Waals surface area contributed by atoms with Crippen molar-refractivity contribution in [2.75, 3.05) is 18.2 Å². The lowest BCUT2D eigenvalue weighted by atomic mass is 10.2. The highest BCUT2D eigenvalue weighted by molar-refractivity contribution is 8.00. The van der Waals surface area contributed by atoms with E-state index in [-0.39, 0.29) is 11.7 Å². The van der Waals surface area contributed by atoms with Crippen molar-refractivity contribution in [1.82, 2.24) is 9.97 Å². The number of thioether (sulfide) groups is 1. The van der Waals surface area contributed by atoms with E-state index in [0.29, 0.717) is 22.4 Å². The van der Waals surface area contributed by atoms with Gasteiger partial charge in [0.25, 0.3) is 0 Å². The Morgan fingerprint density at radius 2 is 2.07 bits per heavy atom. The largest absolute Gasteiger partial charge is 0.495 e. The molecule has 1 aromatic heterocycles. The molecule has 2 aromatic carbocycles. The Labute approximate surface area is 166 Å². The van der Waals surface area contributed by atoms with E-state index in [1.54, 1.807) is 25.3 Å². The van der Waals surface area contributed by atoms with Crippen molar-refractivity contribution in [1.29, 1.82) is 0 Å². The molecule has 3 aromatic rings. The third kappa shape index (κ3) is 4.17. The van der Waals surface area contributed by atoms with E-state index < -0.39 is 0 Å². The van der Waals surface area contributed by atoms with Crippen molar-refractivity contribution in [3.63, 3.8) is 0 Å². The van der Waals surface area contributed by atoms with Gasteiger partial charge in [-0.05, 0) is 37.1 Å². The van der Waals surface area contributed by atoms with E-state index in [1.807, 2.05) is 24.3 Å². The molecule has 1 N–H and O–H groups in total. The van der Waals surface area contributed by atoms with Gasteiger partial charge in [0, 0.05) is 16.3 Å². The third-order valence-electron chi connectivity index (χ3n) is 4.30. The van der Waals surface area contributed by atoms with E-state index in [4.69, 9.17) is 21.3 Å². The Morgan fingerprint density at radius 3 is 2.85 bits per heavy atom. The SMILES string of the molecule is COc1ccc(Cl)cc1NC(=O)CSc1nc(C2CC2)nc2ccccc12. The van der Waals surface area contributed by atoms with Crippen molar-refractivity contribution in [3.05, 3.63) is 53.3 Å². The second-order valence-corrected chi connectivity index (χ2v) is 7.76. The highest BCUT2D eigenvalue weighted by Gasteiger charge is 2.27. The summed E-state index contributed by atoms with van der Waals surface area (Å²) in [6, 6.07) is 13.0. The van der Waals surface area contributed by atoms with E-state index >= 15 is 0 Å². The van der Waals surface area contributed by atoms with E-state index in [0.717, 1.165) is 34.6 Å². The molecule has 27 heavy (non-hydrogen) atoms. The molecular weight excluding hydrogens is 382 g/mol. The molecule has 1 fully saturated rings. The molecule has 0 bridgehead atoms. The van der Waals surface area contributed by atoms with Gasteiger partial charge >= 0.3 is 0 Å². The molecule has 5 nitrogen and oxygen atoms in total. The topological polar surface area (TPSA) is 64.1 Å². The number of halogens is 1. The van der Waals surface area contributed by atoms with E-state index in [9.17, 15) is 4.79 Å². The standard InChI is InChI=1S/C20H18ClN3O2S/c1-26-17-9-8-13(21)10-16(17)22-18(25)11-27-20-14-4-2-3-5-15(14)23-19(24-20)12-6-7-12/h2-5,8-10,12H,6-7,11H2,1H3,(H,22,25). The van der Waals surface area contributed by atoms with Crippen LogP contribution >= 0.6 is 23.4 Å². The molecule has 138 valence electrons. The summed E-state index contributed by atoms with van der Waals surface area (Å²) in [6.07, 6.45) is 2.27. The average Bonchev–Trinajstić information content (AvgIpc) is 3.51. The second kappa shape index (κ2) is 7.74. The lowest BCUT2D eigenvalue weighted by molar-refractivity contribution is -0.113. The molecule has 7 heteroatoms. The summed E-state index contributed by atoms with van der Waals surface area (Å²) >= 11 is 7.44. The van der Waals surface area contributed by atoms with Crippen LogP contribution in [-0.4, -0.2) is 28.7 Å². The van der Waals surface area contributed by atoms with Crippen LogP contribution < -0.4 is 10.1 Å². The number of methoxy groups -OCH3 is 1. The first-order chi connectivity index (χ1) is 13.1. The molecule has 0 radical (unpaired) electrons. The Hall–Kier alpha value is -2.31. The van der Waals surface area contributed by atoms with Crippen molar-refractivity contribution in [2.24, 2.45) is 0 Å². The minimum atomic E-state index is -0.142. The normalized spacial score (nSPS) is 13.6. The minimum Gasteiger partial charge on any atom is -0.495 e. The van der Waals surface area contributed by atoms with Gasteiger partial charge in [0.2, 0.25) is 5.91 Å². The second-order valence-electron chi connectivity index (χ2n) is 6.36. The number of aromatic nitrogens is 2. The van der Waals surface area contributed by atoms with E-state index in [1.165, 1.54) is 11.8 Å². The van der Waals surface area contributed by atoms with Gasteiger partial charge in [0.15, 0.2) is 0 Å². The predicted molar refractivity (Wildman–Crippen MR) is 109 cm³/mol. The number of para-hydroxylation sites is 1. The van der Waals surface area contributed by atoms with Crippen LogP contribution in [0.1, 0.15) is 24.6 Å². The number of ether oxygens (including phenoxy) is 1. The highest BCUT2D eigenvalue weighted by atomic mass is 35.5. The quantitative estimate of drug-likeness (QED) is 0.471. The van der Waals surface area contributed by atoms with Crippen LogP contribution in [0.25, 0.3) is 10.9 Å². The number of carbonyl (C=O) groups excluding carboxylic acids is 1. The van der Waals surface area contributed by atoms with E-state index in [2.05, 4.69) is 10.3 Å².